The van der Waals surface area contributed by atoms with Crippen molar-refractivity contribution in [3.8, 4) is 28.3 Å². The first-order chi connectivity index (χ1) is 9.86. The van der Waals surface area contributed by atoms with Gasteiger partial charge in [-0.2, -0.15) is 0 Å². The highest BCUT2D eigenvalue weighted by molar-refractivity contribution is 5.82. The van der Waals surface area contributed by atoms with Gasteiger partial charge in [0.2, 0.25) is 0 Å². The molecule has 0 saturated heterocycles. The van der Waals surface area contributed by atoms with E-state index in [0.717, 1.165) is 23.6 Å². The monoisotopic (exact) mass is 341 g/mol. The van der Waals surface area contributed by atoms with Crippen LogP contribution in [0.15, 0.2) is 54.9 Å². The highest BCUT2D eigenvalue weighted by Crippen LogP contribution is 2.38. The minimum Gasteiger partial charge on any atom is -1.00 e. The van der Waals surface area contributed by atoms with E-state index >= 15 is 0 Å². The van der Waals surface area contributed by atoms with Crippen molar-refractivity contribution in [1.29, 1.82) is 0 Å². The predicted molar refractivity (Wildman–Crippen MR) is 78.8 cm³/mol. The van der Waals surface area contributed by atoms with E-state index in [1.807, 2.05) is 18.5 Å². The van der Waals surface area contributed by atoms with Gasteiger partial charge in [-0.1, -0.05) is 24.3 Å². The lowest BCUT2D eigenvalue weighted by Gasteiger charge is -2.04. The fourth-order valence-electron chi connectivity index (χ4n) is 2.82. The summed E-state index contributed by atoms with van der Waals surface area (Å²) in [6.45, 7) is 0.911. The molecule has 0 atom stereocenters. The number of rotatable bonds is 2. The molecule has 3 aromatic rings. The summed E-state index contributed by atoms with van der Waals surface area (Å²) in [5, 5.41) is 0. The van der Waals surface area contributed by atoms with Crippen molar-refractivity contribution in [1.82, 2.24) is 9.55 Å². The molecule has 0 unspecified atom stereocenters. The Hall–Kier alpha value is -2.07. The third kappa shape index (κ3) is 2.16. The molecule has 3 nitrogen and oxygen atoms in total. The highest BCUT2D eigenvalue weighted by Gasteiger charge is 2.22. The molecule has 0 bridgehead atoms. The maximum absolute atomic E-state index is 5.21. The molecule has 0 fully saturated rings. The van der Waals surface area contributed by atoms with E-state index in [2.05, 4.69) is 45.9 Å². The first kappa shape index (κ1) is 13.9. The topological polar surface area (TPSA) is 27.1 Å². The van der Waals surface area contributed by atoms with E-state index < -0.39 is 0 Å². The van der Waals surface area contributed by atoms with Crippen LogP contribution in [0, 0.1) is 0 Å². The molecule has 0 spiro atoms. The standard InChI is InChI=1S/C17H14N2O.BrH/c1-20-14-8-6-12(7-9-14)16-17-15-5-3-2-4-13(15)10-19(17)11-18-16;/h2-9,11H,10H2,1H3;1H/p-1. The van der Waals surface area contributed by atoms with Gasteiger partial charge >= 0.3 is 0 Å². The lowest BCUT2D eigenvalue weighted by atomic mass is 10.0. The fraction of sp³-hybridized carbons (Fsp3) is 0.118. The van der Waals surface area contributed by atoms with Gasteiger partial charge < -0.3 is 26.3 Å². The molecule has 1 aliphatic heterocycles. The number of aromatic nitrogens is 2. The van der Waals surface area contributed by atoms with Crippen molar-refractivity contribution in [2.75, 3.05) is 7.11 Å². The summed E-state index contributed by atoms with van der Waals surface area (Å²) in [5.74, 6) is 0.866. The molecular formula is C17H14BrN2O-. The Balaban J connectivity index is 0.00000132. The Morgan fingerprint density at radius 3 is 2.57 bits per heavy atom. The van der Waals surface area contributed by atoms with Crippen LogP contribution in [0.25, 0.3) is 22.5 Å². The van der Waals surface area contributed by atoms with Gasteiger partial charge in [0, 0.05) is 17.7 Å². The van der Waals surface area contributed by atoms with Crippen molar-refractivity contribution in [3.05, 3.63) is 60.4 Å². The number of methoxy groups -OCH3 is 1. The van der Waals surface area contributed by atoms with Gasteiger partial charge in [0.05, 0.1) is 24.8 Å². The van der Waals surface area contributed by atoms with Crippen LogP contribution >= 0.6 is 0 Å². The summed E-state index contributed by atoms with van der Waals surface area (Å²) >= 11 is 0. The maximum atomic E-state index is 5.21. The molecule has 4 heteroatoms. The quantitative estimate of drug-likeness (QED) is 0.533. The Bertz CT molecular complexity index is 778. The van der Waals surface area contributed by atoms with Crippen LogP contribution in [0.1, 0.15) is 5.56 Å². The third-order valence-electron chi connectivity index (χ3n) is 3.81. The van der Waals surface area contributed by atoms with E-state index in [-0.39, 0.29) is 17.0 Å². The first-order valence-electron chi connectivity index (χ1n) is 6.64. The van der Waals surface area contributed by atoms with Crippen molar-refractivity contribution in [3.63, 3.8) is 0 Å². The number of ether oxygens (including phenoxy) is 1. The number of benzene rings is 2. The summed E-state index contributed by atoms with van der Waals surface area (Å²) in [6, 6.07) is 16.6. The molecule has 0 aliphatic carbocycles. The van der Waals surface area contributed by atoms with E-state index in [1.165, 1.54) is 16.8 Å². The van der Waals surface area contributed by atoms with E-state index in [9.17, 15) is 0 Å². The van der Waals surface area contributed by atoms with Crippen LogP contribution in [0.2, 0.25) is 0 Å². The van der Waals surface area contributed by atoms with Gasteiger partial charge in [-0.25, -0.2) is 4.98 Å². The lowest BCUT2D eigenvalue weighted by molar-refractivity contribution is -0.00000426. The molecule has 21 heavy (non-hydrogen) atoms. The summed E-state index contributed by atoms with van der Waals surface area (Å²) in [7, 11) is 1.68. The van der Waals surface area contributed by atoms with Gasteiger partial charge in [0.15, 0.2) is 0 Å². The number of nitrogens with zero attached hydrogens (tertiary/aromatic N) is 2. The molecule has 1 aromatic heterocycles. The molecule has 0 saturated carbocycles. The zero-order valence-corrected chi connectivity index (χ0v) is 13.2. The lowest BCUT2D eigenvalue weighted by Crippen LogP contribution is -3.00. The summed E-state index contributed by atoms with van der Waals surface area (Å²) in [6.07, 6.45) is 1.93. The summed E-state index contributed by atoms with van der Waals surface area (Å²) < 4.78 is 7.42. The molecule has 0 N–H and O–H groups in total. The number of hydrogen-bond acceptors (Lipinski definition) is 2. The van der Waals surface area contributed by atoms with Crippen molar-refractivity contribution >= 4 is 0 Å². The van der Waals surface area contributed by atoms with Gasteiger partial charge in [-0.3, -0.25) is 0 Å². The SMILES string of the molecule is COc1ccc(-c2ncn3c2-c2ccccc2C3)cc1.[Br-]. The van der Waals surface area contributed by atoms with E-state index in [4.69, 9.17) is 4.74 Å². The normalized spacial score (nSPS) is 11.5. The Kier molecular flexibility index (Phi) is 3.55. The molecular weight excluding hydrogens is 328 g/mol. The van der Waals surface area contributed by atoms with Gasteiger partial charge in [-0.05, 0) is 29.8 Å². The van der Waals surface area contributed by atoms with Crippen LogP contribution in [0.5, 0.6) is 5.75 Å². The second kappa shape index (κ2) is 5.37. The molecule has 106 valence electrons. The molecule has 0 amide bonds. The number of imidazole rings is 1. The minimum atomic E-state index is 0. The Morgan fingerprint density at radius 2 is 1.81 bits per heavy atom. The second-order valence-electron chi connectivity index (χ2n) is 4.96. The van der Waals surface area contributed by atoms with Crippen molar-refractivity contribution < 1.29 is 21.7 Å². The van der Waals surface area contributed by atoms with Crippen LogP contribution in [-0.4, -0.2) is 16.7 Å². The average Bonchev–Trinajstić information content (AvgIpc) is 3.06. The highest BCUT2D eigenvalue weighted by atomic mass is 79.9. The van der Waals surface area contributed by atoms with E-state index in [0.29, 0.717) is 0 Å². The summed E-state index contributed by atoms with van der Waals surface area (Å²) in [5.41, 5.74) is 6.02. The summed E-state index contributed by atoms with van der Waals surface area (Å²) in [4.78, 5) is 4.58. The van der Waals surface area contributed by atoms with Gasteiger partial charge in [0.1, 0.15) is 5.75 Å². The largest absolute Gasteiger partial charge is 1.00 e. The van der Waals surface area contributed by atoms with Crippen molar-refractivity contribution in [2.45, 2.75) is 6.54 Å². The molecule has 2 heterocycles. The molecule has 1 aliphatic rings. The molecule has 4 rings (SSSR count). The predicted octanol–water partition coefficient (Wildman–Crippen LogP) is 0.591. The minimum absolute atomic E-state index is 0. The zero-order chi connectivity index (χ0) is 13.5. The van der Waals surface area contributed by atoms with Gasteiger partial charge in [-0.15, -0.1) is 0 Å². The second-order valence-corrected chi connectivity index (χ2v) is 4.96. The Morgan fingerprint density at radius 1 is 1.05 bits per heavy atom. The Labute approximate surface area is 134 Å². The molecule has 0 radical (unpaired) electrons. The smallest absolute Gasteiger partial charge is 0.118 e. The van der Waals surface area contributed by atoms with Crippen molar-refractivity contribution in [2.24, 2.45) is 0 Å². The third-order valence-corrected chi connectivity index (χ3v) is 3.81. The van der Waals surface area contributed by atoms with Gasteiger partial charge in [0.25, 0.3) is 0 Å². The van der Waals surface area contributed by atoms with Crippen LogP contribution in [-0.2, 0) is 6.54 Å². The van der Waals surface area contributed by atoms with Crippen LogP contribution < -0.4 is 21.7 Å². The van der Waals surface area contributed by atoms with Crippen LogP contribution in [0.4, 0.5) is 0 Å². The number of fused-ring (bicyclic) bond motifs is 3. The van der Waals surface area contributed by atoms with Crippen LogP contribution in [0.3, 0.4) is 0 Å². The maximum Gasteiger partial charge on any atom is 0.118 e. The number of hydrogen-bond donors (Lipinski definition) is 0. The molecule has 2 aromatic carbocycles. The fourth-order valence-corrected chi connectivity index (χ4v) is 2.82. The zero-order valence-electron chi connectivity index (χ0n) is 11.6. The average molecular weight is 342 g/mol. The number of halogens is 1. The first-order valence-corrected chi connectivity index (χ1v) is 6.64. The van der Waals surface area contributed by atoms with E-state index in [1.54, 1.807) is 7.11 Å².